The Morgan fingerprint density at radius 1 is 1.29 bits per heavy atom. The molecule has 21 heavy (non-hydrogen) atoms. The highest BCUT2D eigenvalue weighted by atomic mass is 16.5. The molecule has 0 radical (unpaired) electrons. The highest BCUT2D eigenvalue weighted by Crippen LogP contribution is 2.26. The van der Waals surface area contributed by atoms with Crippen LogP contribution in [0.2, 0.25) is 0 Å². The van der Waals surface area contributed by atoms with Gasteiger partial charge in [0.15, 0.2) is 0 Å². The van der Waals surface area contributed by atoms with Gasteiger partial charge in [-0.1, -0.05) is 18.1 Å². The van der Waals surface area contributed by atoms with Gasteiger partial charge >= 0.3 is 0 Å². The van der Waals surface area contributed by atoms with E-state index in [4.69, 9.17) is 9.26 Å². The highest BCUT2D eigenvalue weighted by molar-refractivity contribution is 5.48. The fraction of sp³-hybridized carbons (Fsp3) is 0.533. The number of ether oxygens (including phenoxy) is 1. The second kappa shape index (κ2) is 6.32. The maximum absolute atomic E-state index is 5.55. The van der Waals surface area contributed by atoms with E-state index in [1.54, 1.807) is 0 Å². The van der Waals surface area contributed by atoms with E-state index in [1.807, 2.05) is 25.1 Å². The van der Waals surface area contributed by atoms with Crippen LogP contribution in [-0.4, -0.2) is 40.9 Å². The summed E-state index contributed by atoms with van der Waals surface area (Å²) in [6.45, 7) is 6.35. The van der Waals surface area contributed by atoms with Crippen LogP contribution in [-0.2, 0) is 4.74 Å². The van der Waals surface area contributed by atoms with Crippen LogP contribution in [0.1, 0.15) is 30.8 Å². The second-order valence-electron chi connectivity index (χ2n) is 5.32. The topological polar surface area (TPSA) is 73.1 Å². The lowest BCUT2D eigenvalue weighted by atomic mass is 10.0. The Morgan fingerprint density at radius 2 is 2.19 bits per heavy atom. The molecule has 1 saturated heterocycles. The van der Waals surface area contributed by atoms with E-state index in [1.165, 1.54) is 0 Å². The van der Waals surface area contributed by atoms with Crippen LogP contribution in [0.4, 0.5) is 0 Å². The zero-order valence-electron chi connectivity index (χ0n) is 12.4. The molecule has 2 aromatic rings. The Balaban J connectivity index is 1.78. The molecule has 0 aromatic carbocycles. The van der Waals surface area contributed by atoms with Gasteiger partial charge in [-0.2, -0.15) is 4.98 Å². The summed E-state index contributed by atoms with van der Waals surface area (Å²) < 4.78 is 11.0. The minimum atomic E-state index is 0.114. The third-order valence-electron chi connectivity index (χ3n) is 3.61. The maximum atomic E-state index is 5.55. The number of aromatic nitrogens is 3. The summed E-state index contributed by atoms with van der Waals surface area (Å²) in [6, 6.07) is 6.01. The Morgan fingerprint density at radius 3 is 3.00 bits per heavy atom. The molecule has 3 rings (SSSR count). The Bertz CT molecular complexity index is 599. The molecule has 6 nitrogen and oxygen atoms in total. The lowest BCUT2D eigenvalue weighted by molar-refractivity contribution is 0.184. The van der Waals surface area contributed by atoms with Crippen molar-refractivity contribution < 1.29 is 9.26 Å². The molecule has 1 fully saturated rings. The number of pyridine rings is 1. The number of rotatable bonds is 5. The summed E-state index contributed by atoms with van der Waals surface area (Å²) in [7, 11) is 0. The van der Waals surface area contributed by atoms with E-state index in [0.717, 1.165) is 24.4 Å². The quantitative estimate of drug-likeness (QED) is 0.906. The fourth-order valence-corrected chi connectivity index (χ4v) is 2.49. The summed E-state index contributed by atoms with van der Waals surface area (Å²) in [5, 5.41) is 7.52. The third kappa shape index (κ3) is 3.11. The summed E-state index contributed by atoms with van der Waals surface area (Å²) in [5.41, 5.74) is 1.67. The Labute approximate surface area is 123 Å². The van der Waals surface area contributed by atoms with Gasteiger partial charge in [0, 0.05) is 11.7 Å². The molecular formula is C15H20N4O2. The third-order valence-corrected chi connectivity index (χ3v) is 3.61. The van der Waals surface area contributed by atoms with Crippen molar-refractivity contribution >= 4 is 0 Å². The smallest absolute Gasteiger partial charge is 0.234 e. The standard InChI is InChI=1S/C15H20N4O2/c1-3-7-16-13-9-20-8-11(13)15-18-14(19-21-15)12-6-4-5-10(2)17-12/h4-6,11,13,16H,3,7-9H2,1-2H3. The first kappa shape index (κ1) is 14.2. The van der Waals surface area contributed by atoms with Crippen LogP contribution in [0.3, 0.4) is 0 Å². The first-order valence-corrected chi connectivity index (χ1v) is 7.36. The van der Waals surface area contributed by atoms with Gasteiger partial charge < -0.3 is 14.6 Å². The lowest BCUT2D eigenvalue weighted by Crippen LogP contribution is -2.34. The molecular weight excluding hydrogens is 268 g/mol. The minimum absolute atomic E-state index is 0.114. The zero-order valence-corrected chi connectivity index (χ0v) is 12.4. The summed E-state index contributed by atoms with van der Waals surface area (Å²) >= 11 is 0. The SMILES string of the molecule is CCCNC1COCC1c1nc(-c2cccc(C)n2)no1. The van der Waals surface area contributed by atoms with Crippen molar-refractivity contribution in [1.29, 1.82) is 0 Å². The number of nitrogens with zero attached hydrogens (tertiary/aromatic N) is 3. The van der Waals surface area contributed by atoms with Crippen molar-refractivity contribution in [2.45, 2.75) is 32.2 Å². The van der Waals surface area contributed by atoms with Gasteiger partial charge in [0.25, 0.3) is 0 Å². The molecule has 112 valence electrons. The minimum Gasteiger partial charge on any atom is -0.379 e. The monoisotopic (exact) mass is 288 g/mol. The predicted octanol–water partition coefficient (Wildman–Crippen LogP) is 1.92. The van der Waals surface area contributed by atoms with Gasteiger partial charge in [-0.3, -0.25) is 0 Å². The van der Waals surface area contributed by atoms with E-state index >= 15 is 0 Å². The van der Waals surface area contributed by atoms with Crippen molar-refractivity contribution in [3.05, 3.63) is 29.8 Å². The van der Waals surface area contributed by atoms with Crippen molar-refractivity contribution in [3.8, 4) is 11.5 Å². The number of nitrogens with one attached hydrogen (secondary N) is 1. The van der Waals surface area contributed by atoms with Crippen LogP contribution < -0.4 is 5.32 Å². The van der Waals surface area contributed by atoms with Crippen LogP contribution in [0.5, 0.6) is 0 Å². The van der Waals surface area contributed by atoms with Gasteiger partial charge in [-0.25, -0.2) is 4.98 Å². The van der Waals surface area contributed by atoms with E-state index in [2.05, 4.69) is 27.4 Å². The van der Waals surface area contributed by atoms with Crippen LogP contribution in [0, 0.1) is 6.92 Å². The predicted molar refractivity (Wildman–Crippen MR) is 77.9 cm³/mol. The first-order valence-electron chi connectivity index (χ1n) is 7.36. The normalized spacial score (nSPS) is 21.8. The van der Waals surface area contributed by atoms with Gasteiger partial charge in [0.1, 0.15) is 5.69 Å². The number of hydrogen-bond acceptors (Lipinski definition) is 6. The van der Waals surface area contributed by atoms with Gasteiger partial charge in [0.2, 0.25) is 11.7 Å². The van der Waals surface area contributed by atoms with E-state index in [9.17, 15) is 0 Å². The van der Waals surface area contributed by atoms with E-state index < -0.39 is 0 Å². The Hall–Kier alpha value is -1.79. The highest BCUT2D eigenvalue weighted by Gasteiger charge is 2.33. The number of hydrogen-bond donors (Lipinski definition) is 1. The fourth-order valence-electron chi connectivity index (χ4n) is 2.49. The molecule has 0 spiro atoms. The average molecular weight is 288 g/mol. The molecule has 1 aliphatic heterocycles. The van der Waals surface area contributed by atoms with E-state index in [-0.39, 0.29) is 12.0 Å². The molecule has 6 heteroatoms. The summed E-state index contributed by atoms with van der Waals surface area (Å²) in [6.07, 6.45) is 1.09. The molecule has 0 saturated carbocycles. The van der Waals surface area contributed by atoms with Crippen molar-refractivity contribution in [3.63, 3.8) is 0 Å². The first-order chi connectivity index (χ1) is 10.3. The second-order valence-corrected chi connectivity index (χ2v) is 5.32. The largest absolute Gasteiger partial charge is 0.379 e. The van der Waals surface area contributed by atoms with Crippen LogP contribution in [0.25, 0.3) is 11.5 Å². The van der Waals surface area contributed by atoms with Crippen LogP contribution >= 0.6 is 0 Å². The molecule has 1 N–H and O–H groups in total. The maximum Gasteiger partial charge on any atom is 0.234 e. The van der Waals surface area contributed by atoms with E-state index in [0.29, 0.717) is 24.9 Å². The molecule has 1 aliphatic rings. The molecule has 2 atom stereocenters. The van der Waals surface area contributed by atoms with Gasteiger partial charge in [-0.05, 0) is 32.0 Å². The average Bonchev–Trinajstić information content (AvgIpc) is 3.13. The molecule has 3 heterocycles. The van der Waals surface area contributed by atoms with Gasteiger partial charge in [-0.15, -0.1) is 0 Å². The number of aryl methyl sites for hydroxylation is 1. The van der Waals surface area contributed by atoms with Crippen LogP contribution in [0.15, 0.2) is 22.7 Å². The van der Waals surface area contributed by atoms with Crippen molar-refractivity contribution in [2.75, 3.05) is 19.8 Å². The molecule has 0 amide bonds. The lowest BCUT2D eigenvalue weighted by Gasteiger charge is -2.14. The zero-order chi connectivity index (χ0) is 14.7. The van der Waals surface area contributed by atoms with Crippen molar-refractivity contribution in [2.24, 2.45) is 0 Å². The molecule has 2 aromatic heterocycles. The summed E-state index contributed by atoms with van der Waals surface area (Å²) in [4.78, 5) is 8.92. The molecule has 0 bridgehead atoms. The summed E-state index contributed by atoms with van der Waals surface area (Å²) in [5.74, 6) is 1.27. The van der Waals surface area contributed by atoms with Gasteiger partial charge in [0.05, 0.1) is 19.1 Å². The van der Waals surface area contributed by atoms with Crippen molar-refractivity contribution in [1.82, 2.24) is 20.4 Å². The Kier molecular flexibility index (Phi) is 4.26. The molecule has 0 aliphatic carbocycles. The molecule has 2 unspecified atom stereocenters.